The molecule has 1 fully saturated rings. The summed E-state index contributed by atoms with van der Waals surface area (Å²) in [6.07, 6.45) is 2.93. The first kappa shape index (κ1) is 14.4. The molecule has 0 unspecified atom stereocenters. The number of benzene rings is 1. The molecule has 0 spiro atoms. The molecule has 3 heteroatoms. The van der Waals surface area contributed by atoms with E-state index in [0.717, 1.165) is 25.1 Å². The van der Waals surface area contributed by atoms with Gasteiger partial charge in [-0.05, 0) is 50.3 Å². The summed E-state index contributed by atoms with van der Waals surface area (Å²) in [5.41, 5.74) is 5.53. The van der Waals surface area contributed by atoms with Gasteiger partial charge in [0.25, 0.3) is 0 Å². The van der Waals surface area contributed by atoms with E-state index in [4.69, 9.17) is 0 Å². The highest BCUT2D eigenvalue weighted by molar-refractivity contribution is 7.99. The minimum Gasteiger partial charge on any atom is -0.356 e. The Hall–Kier alpha value is -0.960. The number of aryl methyl sites for hydroxylation is 3. The Morgan fingerprint density at radius 3 is 2.63 bits per heavy atom. The number of rotatable bonds is 3. The molecule has 1 amide bonds. The number of hydrogen-bond acceptors (Lipinski definition) is 2. The molecule has 1 saturated heterocycles. The summed E-state index contributed by atoms with van der Waals surface area (Å²) in [5, 5.41) is 3.43. The molecule has 1 N–H and O–H groups in total. The Labute approximate surface area is 120 Å². The van der Waals surface area contributed by atoms with E-state index < -0.39 is 0 Å². The van der Waals surface area contributed by atoms with Crippen LogP contribution in [-0.4, -0.2) is 17.7 Å². The van der Waals surface area contributed by atoms with Crippen molar-refractivity contribution in [3.05, 3.63) is 34.4 Å². The number of thioether (sulfide) groups is 1. The Kier molecular flexibility index (Phi) is 4.92. The predicted molar refractivity (Wildman–Crippen MR) is 82.6 cm³/mol. The van der Waals surface area contributed by atoms with Crippen LogP contribution in [0.1, 0.15) is 41.5 Å². The molecule has 0 bridgehead atoms. The lowest BCUT2D eigenvalue weighted by atomic mass is 10.0. The van der Waals surface area contributed by atoms with Gasteiger partial charge in [-0.1, -0.05) is 17.7 Å². The number of carbonyl (C=O) groups excluding carboxylic acids is 1. The minimum atomic E-state index is 0.215. The average Bonchev–Trinajstić information content (AvgIpc) is 2.52. The summed E-state index contributed by atoms with van der Waals surface area (Å²) in [6.45, 7) is 7.37. The molecule has 1 heterocycles. The normalized spacial score (nSPS) is 19.9. The van der Waals surface area contributed by atoms with Crippen LogP contribution in [0.15, 0.2) is 12.1 Å². The van der Waals surface area contributed by atoms with Crippen LogP contribution in [0.4, 0.5) is 0 Å². The van der Waals surface area contributed by atoms with Gasteiger partial charge in [-0.3, -0.25) is 4.79 Å². The van der Waals surface area contributed by atoms with E-state index in [1.807, 2.05) is 11.8 Å². The third-order valence-corrected chi connectivity index (χ3v) is 5.07. The van der Waals surface area contributed by atoms with Crippen LogP contribution in [-0.2, 0) is 10.5 Å². The lowest BCUT2D eigenvalue weighted by molar-refractivity contribution is -0.120. The summed E-state index contributed by atoms with van der Waals surface area (Å²) in [5.74, 6) is 1.24. The molecule has 0 radical (unpaired) electrons. The van der Waals surface area contributed by atoms with Crippen molar-refractivity contribution in [2.45, 2.75) is 51.0 Å². The number of amides is 1. The Morgan fingerprint density at radius 2 is 1.95 bits per heavy atom. The molecule has 2 nitrogen and oxygen atoms in total. The maximum Gasteiger partial charge on any atom is 0.221 e. The highest BCUT2D eigenvalue weighted by Crippen LogP contribution is 2.28. The van der Waals surface area contributed by atoms with E-state index in [1.54, 1.807) is 0 Å². The van der Waals surface area contributed by atoms with Crippen LogP contribution in [0, 0.1) is 20.8 Å². The molecule has 0 saturated carbocycles. The second-order valence-corrected chi connectivity index (χ2v) is 6.80. The van der Waals surface area contributed by atoms with Crippen molar-refractivity contribution in [2.24, 2.45) is 0 Å². The third-order valence-electron chi connectivity index (χ3n) is 3.74. The highest BCUT2D eigenvalue weighted by atomic mass is 32.2. The Bertz CT molecular complexity index is 447. The molecule has 0 aliphatic carbocycles. The molecule has 1 aromatic carbocycles. The van der Waals surface area contributed by atoms with Gasteiger partial charge in [-0.15, -0.1) is 0 Å². The lowest BCUT2D eigenvalue weighted by Gasteiger charge is -2.15. The largest absolute Gasteiger partial charge is 0.356 e. The molecular formula is C16H23NOS. The van der Waals surface area contributed by atoms with Crippen molar-refractivity contribution in [3.63, 3.8) is 0 Å². The van der Waals surface area contributed by atoms with Crippen LogP contribution in [0.5, 0.6) is 0 Å². The standard InChI is InChI=1S/C16H23NOS/c1-11-7-12(2)15(13(3)8-11)10-19-14-5-4-6-17-16(18)9-14/h7-8,14H,4-6,9-10H2,1-3H3,(H,17,18)/t14-/m1/s1. The predicted octanol–water partition coefficient (Wildman–Crippen LogP) is 3.51. The smallest absolute Gasteiger partial charge is 0.221 e. The van der Waals surface area contributed by atoms with Gasteiger partial charge < -0.3 is 5.32 Å². The molecule has 104 valence electrons. The zero-order valence-electron chi connectivity index (χ0n) is 12.1. The number of hydrogen-bond donors (Lipinski definition) is 1. The molecule has 0 aromatic heterocycles. The maximum atomic E-state index is 11.6. The van der Waals surface area contributed by atoms with Crippen molar-refractivity contribution < 1.29 is 4.79 Å². The van der Waals surface area contributed by atoms with E-state index in [9.17, 15) is 4.79 Å². The molecule has 1 aliphatic rings. The second kappa shape index (κ2) is 6.47. The molecular weight excluding hydrogens is 254 g/mol. The van der Waals surface area contributed by atoms with E-state index in [-0.39, 0.29) is 5.91 Å². The fourth-order valence-corrected chi connectivity index (χ4v) is 4.18. The minimum absolute atomic E-state index is 0.215. The molecule has 1 aliphatic heterocycles. The van der Waals surface area contributed by atoms with E-state index in [1.165, 1.54) is 22.3 Å². The maximum absolute atomic E-state index is 11.6. The van der Waals surface area contributed by atoms with Crippen molar-refractivity contribution in [2.75, 3.05) is 6.54 Å². The Balaban J connectivity index is 2.00. The number of carbonyl (C=O) groups is 1. The molecule has 2 rings (SSSR count). The van der Waals surface area contributed by atoms with Gasteiger partial charge in [0.2, 0.25) is 5.91 Å². The van der Waals surface area contributed by atoms with Gasteiger partial charge >= 0.3 is 0 Å². The van der Waals surface area contributed by atoms with E-state index >= 15 is 0 Å². The fraction of sp³-hybridized carbons (Fsp3) is 0.562. The van der Waals surface area contributed by atoms with Crippen LogP contribution in [0.3, 0.4) is 0 Å². The van der Waals surface area contributed by atoms with Gasteiger partial charge in [0, 0.05) is 24.0 Å². The van der Waals surface area contributed by atoms with Crippen LogP contribution >= 0.6 is 11.8 Å². The summed E-state index contributed by atoms with van der Waals surface area (Å²) in [7, 11) is 0. The van der Waals surface area contributed by atoms with Crippen molar-refractivity contribution >= 4 is 17.7 Å². The van der Waals surface area contributed by atoms with E-state index in [2.05, 4.69) is 38.2 Å². The quantitative estimate of drug-likeness (QED) is 0.916. The average molecular weight is 277 g/mol. The lowest BCUT2D eigenvalue weighted by Crippen LogP contribution is -2.22. The Morgan fingerprint density at radius 1 is 1.26 bits per heavy atom. The first-order valence-electron chi connectivity index (χ1n) is 7.01. The monoisotopic (exact) mass is 277 g/mol. The topological polar surface area (TPSA) is 29.1 Å². The molecule has 1 aromatic rings. The van der Waals surface area contributed by atoms with Crippen molar-refractivity contribution in [3.8, 4) is 0 Å². The summed E-state index contributed by atoms with van der Waals surface area (Å²) < 4.78 is 0. The van der Waals surface area contributed by atoms with Gasteiger partial charge in [-0.25, -0.2) is 0 Å². The third kappa shape index (κ3) is 4.00. The first-order valence-corrected chi connectivity index (χ1v) is 8.06. The molecule has 1 atom stereocenters. The SMILES string of the molecule is Cc1cc(C)c(CS[C@@H]2CCCNC(=O)C2)c(C)c1. The second-order valence-electron chi connectivity index (χ2n) is 5.51. The zero-order valence-corrected chi connectivity index (χ0v) is 12.9. The van der Waals surface area contributed by atoms with Crippen molar-refractivity contribution in [1.29, 1.82) is 0 Å². The number of nitrogens with one attached hydrogen (secondary N) is 1. The van der Waals surface area contributed by atoms with Crippen LogP contribution in [0.2, 0.25) is 0 Å². The van der Waals surface area contributed by atoms with Crippen molar-refractivity contribution in [1.82, 2.24) is 5.32 Å². The summed E-state index contributed by atoms with van der Waals surface area (Å²) in [6, 6.07) is 4.51. The van der Waals surface area contributed by atoms with Gasteiger partial charge in [0.15, 0.2) is 0 Å². The van der Waals surface area contributed by atoms with Gasteiger partial charge in [-0.2, -0.15) is 11.8 Å². The first-order chi connectivity index (χ1) is 9.06. The van der Waals surface area contributed by atoms with Crippen LogP contribution < -0.4 is 5.32 Å². The summed E-state index contributed by atoms with van der Waals surface area (Å²) >= 11 is 1.94. The van der Waals surface area contributed by atoms with Gasteiger partial charge in [0.1, 0.15) is 0 Å². The van der Waals surface area contributed by atoms with E-state index in [0.29, 0.717) is 11.7 Å². The van der Waals surface area contributed by atoms with Crippen LogP contribution in [0.25, 0.3) is 0 Å². The summed E-state index contributed by atoms with van der Waals surface area (Å²) in [4.78, 5) is 11.6. The fourth-order valence-electron chi connectivity index (χ4n) is 2.72. The zero-order chi connectivity index (χ0) is 13.8. The highest BCUT2D eigenvalue weighted by Gasteiger charge is 2.18. The molecule has 19 heavy (non-hydrogen) atoms. The van der Waals surface area contributed by atoms with Gasteiger partial charge in [0.05, 0.1) is 0 Å².